The van der Waals surface area contributed by atoms with E-state index < -0.39 is 10.0 Å². The number of carbonyl (C=O) groups is 1. The van der Waals surface area contributed by atoms with Crippen molar-refractivity contribution in [2.24, 2.45) is 0 Å². The Morgan fingerprint density at radius 3 is 2.38 bits per heavy atom. The number of Topliss-reactive ketones (excluding diaryl/α,β-unsaturated/α-hetero) is 1. The molecular formula is C23H23FN2O5S. The van der Waals surface area contributed by atoms with Crippen LogP contribution in [0.1, 0.15) is 21.7 Å². The van der Waals surface area contributed by atoms with Crippen molar-refractivity contribution in [2.75, 3.05) is 26.8 Å². The topological polar surface area (TPSA) is 77.8 Å². The number of ether oxygens (including phenoxy) is 2. The number of rotatable bonds is 6. The molecule has 0 unspecified atom stereocenters. The first kappa shape index (κ1) is 22.0. The molecule has 1 aromatic heterocycles. The average Bonchev–Trinajstić information content (AvgIpc) is 3.08. The molecule has 1 aliphatic rings. The summed E-state index contributed by atoms with van der Waals surface area (Å²) in [6, 6.07) is 12.1. The van der Waals surface area contributed by atoms with Crippen LogP contribution in [-0.4, -0.2) is 49.9 Å². The minimum absolute atomic E-state index is 0.0221. The summed E-state index contributed by atoms with van der Waals surface area (Å²) in [5.41, 5.74) is 2.58. The number of carbonyl (C=O) groups excluding carboxylic acids is 1. The number of aryl methyl sites for hydroxylation is 1. The van der Waals surface area contributed by atoms with Gasteiger partial charge in [0.05, 0.1) is 11.4 Å². The van der Waals surface area contributed by atoms with Crippen molar-refractivity contribution >= 4 is 15.8 Å². The third-order valence-corrected chi connectivity index (χ3v) is 7.20. The maximum absolute atomic E-state index is 13.3. The highest BCUT2D eigenvalue weighted by atomic mass is 32.2. The maximum atomic E-state index is 13.3. The van der Waals surface area contributed by atoms with Crippen LogP contribution in [0.15, 0.2) is 53.4 Å². The molecule has 0 radical (unpaired) electrons. The number of hydrogen-bond donors (Lipinski definition) is 0. The molecule has 0 saturated carbocycles. The Balaban J connectivity index is 1.57. The SMILES string of the molecule is Cc1cc(C(=O)CN(C)S(=O)(=O)c2ccc3c(c2)OCCO3)c(C)n1-c1ccc(F)cc1. The molecule has 168 valence electrons. The van der Waals surface area contributed by atoms with Crippen molar-refractivity contribution < 1.29 is 27.1 Å². The number of nitrogens with zero attached hydrogens (tertiary/aromatic N) is 2. The number of ketones is 1. The Morgan fingerprint density at radius 1 is 1.03 bits per heavy atom. The highest BCUT2D eigenvalue weighted by molar-refractivity contribution is 7.89. The first-order valence-corrected chi connectivity index (χ1v) is 11.5. The van der Waals surface area contributed by atoms with Gasteiger partial charge in [0.15, 0.2) is 17.3 Å². The number of benzene rings is 2. The highest BCUT2D eigenvalue weighted by Crippen LogP contribution is 2.33. The molecule has 4 rings (SSSR count). The molecule has 0 spiro atoms. The van der Waals surface area contributed by atoms with Crippen molar-refractivity contribution in [1.29, 1.82) is 0 Å². The minimum atomic E-state index is -3.92. The molecule has 0 aliphatic carbocycles. The quantitative estimate of drug-likeness (QED) is 0.529. The summed E-state index contributed by atoms with van der Waals surface area (Å²) in [6.45, 7) is 4.03. The van der Waals surface area contributed by atoms with Gasteiger partial charge in [0.2, 0.25) is 10.0 Å². The van der Waals surface area contributed by atoms with Crippen LogP contribution in [0.5, 0.6) is 11.5 Å². The van der Waals surface area contributed by atoms with E-state index in [2.05, 4.69) is 0 Å². The van der Waals surface area contributed by atoms with Crippen LogP contribution in [0.4, 0.5) is 4.39 Å². The fourth-order valence-electron chi connectivity index (χ4n) is 3.77. The van der Waals surface area contributed by atoms with Gasteiger partial charge in [-0.1, -0.05) is 0 Å². The first-order valence-electron chi connectivity index (χ1n) is 10.0. The third-order valence-electron chi connectivity index (χ3n) is 5.40. The monoisotopic (exact) mass is 458 g/mol. The number of halogens is 1. The van der Waals surface area contributed by atoms with Gasteiger partial charge in [-0.3, -0.25) is 4.79 Å². The Labute approximate surface area is 186 Å². The van der Waals surface area contributed by atoms with Crippen molar-refractivity contribution in [2.45, 2.75) is 18.7 Å². The normalized spacial score (nSPS) is 13.4. The predicted octanol–water partition coefficient (Wildman–Crippen LogP) is 3.51. The smallest absolute Gasteiger partial charge is 0.243 e. The molecule has 0 fully saturated rings. The molecule has 0 saturated heterocycles. The van der Waals surface area contributed by atoms with Crippen molar-refractivity contribution in [3.05, 3.63) is 71.3 Å². The van der Waals surface area contributed by atoms with Gasteiger partial charge in [-0.05, 0) is 56.3 Å². The Bertz CT molecular complexity index is 1280. The zero-order chi connectivity index (χ0) is 23.0. The number of hydrogen-bond acceptors (Lipinski definition) is 5. The Hall–Kier alpha value is -3.17. The molecule has 7 nitrogen and oxygen atoms in total. The van der Waals surface area contributed by atoms with Crippen LogP contribution < -0.4 is 9.47 Å². The van der Waals surface area contributed by atoms with Crippen LogP contribution >= 0.6 is 0 Å². The van der Waals surface area contributed by atoms with E-state index in [1.807, 2.05) is 11.5 Å². The largest absolute Gasteiger partial charge is 0.486 e. The predicted molar refractivity (Wildman–Crippen MR) is 117 cm³/mol. The van der Waals surface area contributed by atoms with E-state index >= 15 is 0 Å². The molecule has 32 heavy (non-hydrogen) atoms. The van der Waals surface area contributed by atoms with Crippen molar-refractivity contribution in [3.8, 4) is 17.2 Å². The van der Waals surface area contributed by atoms with Gasteiger partial charge in [0.1, 0.15) is 19.0 Å². The van der Waals surface area contributed by atoms with Gasteiger partial charge in [-0.15, -0.1) is 0 Å². The van der Waals surface area contributed by atoms with E-state index in [4.69, 9.17) is 9.47 Å². The second kappa shape index (κ2) is 8.40. The molecular weight excluding hydrogens is 435 g/mol. The van der Waals surface area contributed by atoms with E-state index in [9.17, 15) is 17.6 Å². The van der Waals surface area contributed by atoms with Crippen LogP contribution in [-0.2, 0) is 10.0 Å². The van der Waals surface area contributed by atoms with E-state index in [1.54, 1.807) is 31.2 Å². The van der Waals surface area contributed by atoms with Gasteiger partial charge < -0.3 is 14.0 Å². The summed E-state index contributed by atoms with van der Waals surface area (Å²) in [4.78, 5) is 13.0. The molecule has 2 aromatic carbocycles. The Kier molecular flexibility index (Phi) is 5.79. The van der Waals surface area contributed by atoms with Gasteiger partial charge >= 0.3 is 0 Å². The minimum Gasteiger partial charge on any atom is -0.486 e. The summed E-state index contributed by atoms with van der Waals surface area (Å²) in [7, 11) is -2.56. The standard InChI is InChI=1S/C23H23FN2O5S/c1-15-12-20(16(2)26(15)18-6-4-17(24)5-7-18)21(27)14-25(3)32(28,29)19-8-9-22-23(13-19)31-11-10-30-22/h4-9,12-13H,10-11,14H2,1-3H3. The maximum Gasteiger partial charge on any atom is 0.243 e. The molecule has 0 bridgehead atoms. The molecule has 0 atom stereocenters. The summed E-state index contributed by atoms with van der Waals surface area (Å²) in [5, 5.41) is 0. The van der Waals surface area contributed by atoms with E-state index in [0.717, 1.165) is 15.7 Å². The van der Waals surface area contributed by atoms with Crippen LogP contribution in [0.2, 0.25) is 0 Å². The fourth-order valence-corrected chi connectivity index (χ4v) is 4.91. The molecule has 0 N–H and O–H groups in total. The molecule has 9 heteroatoms. The zero-order valence-electron chi connectivity index (χ0n) is 18.0. The second-order valence-corrected chi connectivity index (χ2v) is 9.63. The lowest BCUT2D eigenvalue weighted by Gasteiger charge is -2.21. The second-order valence-electron chi connectivity index (χ2n) is 7.59. The summed E-state index contributed by atoms with van der Waals surface area (Å²) < 4.78 is 53.1. The summed E-state index contributed by atoms with van der Waals surface area (Å²) >= 11 is 0. The van der Waals surface area contributed by atoms with Crippen LogP contribution in [0, 0.1) is 19.7 Å². The molecule has 3 aromatic rings. The van der Waals surface area contributed by atoms with Gasteiger partial charge in [-0.2, -0.15) is 4.31 Å². The van der Waals surface area contributed by atoms with Crippen molar-refractivity contribution in [1.82, 2.24) is 8.87 Å². The average molecular weight is 459 g/mol. The first-order chi connectivity index (χ1) is 15.2. The van der Waals surface area contributed by atoms with Crippen LogP contribution in [0.25, 0.3) is 5.69 Å². The third kappa shape index (κ3) is 4.01. The van der Waals surface area contributed by atoms with Crippen LogP contribution in [0.3, 0.4) is 0 Å². The number of aromatic nitrogens is 1. The van der Waals surface area contributed by atoms with E-state index in [0.29, 0.717) is 36.0 Å². The van der Waals surface area contributed by atoms with E-state index in [-0.39, 0.29) is 23.0 Å². The fraction of sp³-hybridized carbons (Fsp3) is 0.261. The molecule has 0 amide bonds. The lowest BCUT2D eigenvalue weighted by molar-refractivity contribution is 0.0972. The van der Waals surface area contributed by atoms with Gasteiger partial charge in [0.25, 0.3) is 0 Å². The zero-order valence-corrected chi connectivity index (χ0v) is 18.8. The lowest BCUT2D eigenvalue weighted by atomic mass is 10.1. The van der Waals surface area contributed by atoms with Gasteiger partial charge in [-0.25, -0.2) is 12.8 Å². The number of fused-ring (bicyclic) bond motifs is 1. The summed E-state index contributed by atoms with van der Waals surface area (Å²) in [6.07, 6.45) is 0. The Morgan fingerprint density at radius 2 is 1.69 bits per heavy atom. The number of likely N-dealkylation sites (N-methyl/N-ethyl adjacent to an activating group) is 1. The van der Waals surface area contributed by atoms with Gasteiger partial charge in [0, 0.05) is 35.8 Å². The van der Waals surface area contributed by atoms with Crippen molar-refractivity contribution in [3.63, 3.8) is 0 Å². The lowest BCUT2D eigenvalue weighted by Crippen LogP contribution is -2.32. The highest BCUT2D eigenvalue weighted by Gasteiger charge is 2.27. The molecule has 2 heterocycles. The number of sulfonamides is 1. The van der Waals surface area contributed by atoms with E-state index in [1.165, 1.54) is 31.3 Å². The molecule has 1 aliphatic heterocycles. The summed E-state index contributed by atoms with van der Waals surface area (Å²) in [5.74, 6) is 0.163.